The predicted molar refractivity (Wildman–Crippen MR) is 72.6 cm³/mol. The van der Waals surface area contributed by atoms with E-state index in [0.29, 0.717) is 11.4 Å². The molecule has 112 valence electrons. The van der Waals surface area contributed by atoms with Crippen LogP contribution in [0.3, 0.4) is 0 Å². The van der Waals surface area contributed by atoms with Crippen LogP contribution in [0.4, 0.5) is 0 Å². The molecule has 1 heterocycles. The highest BCUT2D eigenvalue weighted by molar-refractivity contribution is 7.89. The molecule has 0 saturated carbocycles. The number of hydrogen-bond donors (Lipinski definition) is 2. The second-order valence-electron chi connectivity index (χ2n) is 4.15. The van der Waals surface area contributed by atoms with Crippen LogP contribution in [0.1, 0.15) is 11.4 Å². The molecule has 21 heavy (non-hydrogen) atoms. The number of hydrogen-bond acceptors (Lipinski definition) is 6. The number of aromatic amines is 1. The highest BCUT2D eigenvalue weighted by atomic mass is 32.2. The molecule has 0 unspecified atom stereocenters. The van der Waals surface area contributed by atoms with Crippen LogP contribution in [0.15, 0.2) is 35.5 Å². The van der Waals surface area contributed by atoms with Crippen LogP contribution in [0.25, 0.3) is 0 Å². The summed E-state index contributed by atoms with van der Waals surface area (Å²) in [5.41, 5.74) is 0.677. The average Bonchev–Trinajstić information content (AvgIpc) is 2.99. The number of nitrogens with zero attached hydrogens (tertiary/aromatic N) is 2. The van der Waals surface area contributed by atoms with Gasteiger partial charge in [-0.05, 0) is 17.7 Å². The van der Waals surface area contributed by atoms with Gasteiger partial charge in [0.25, 0.3) is 0 Å². The largest absolute Gasteiger partial charge is 0.469 e. The molecule has 0 bridgehead atoms. The van der Waals surface area contributed by atoms with E-state index in [-0.39, 0.29) is 23.8 Å². The molecule has 8 nitrogen and oxygen atoms in total. The Morgan fingerprint density at radius 3 is 2.62 bits per heavy atom. The zero-order valence-electron chi connectivity index (χ0n) is 11.2. The van der Waals surface area contributed by atoms with E-state index < -0.39 is 10.0 Å². The van der Waals surface area contributed by atoms with Crippen LogP contribution >= 0.6 is 0 Å². The number of esters is 1. The highest BCUT2D eigenvalue weighted by Crippen LogP contribution is 2.11. The molecule has 0 aliphatic carbocycles. The molecule has 0 aliphatic heterocycles. The number of ether oxygens (including phenoxy) is 1. The monoisotopic (exact) mass is 310 g/mol. The lowest BCUT2D eigenvalue weighted by Gasteiger charge is -2.06. The lowest BCUT2D eigenvalue weighted by atomic mass is 10.2. The van der Waals surface area contributed by atoms with Crippen LogP contribution < -0.4 is 4.72 Å². The fourth-order valence-electron chi connectivity index (χ4n) is 1.59. The second kappa shape index (κ2) is 6.46. The maximum absolute atomic E-state index is 12.1. The van der Waals surface area contributed by atoms with Crippen molar-refractivity contribution in [2.24, 2.45) is 0 Å². The third kappa shape index (κ3) is 4.10. The summed E-state index contributed by atoms with van der Waals surface area (Å²) < 4.78 is 31.0. The molecular formula is C12H14N4O4S. The summed E-state index contributed by atoms with van der Waals surface area (Å²) in [5.74, 6) is 0.0370. The molecule has 1 aromatic carbocycles. The molecule has 0 radical (unpaired) electrons. The fourth-order valence-corrected chi connectivity index (χ4v) is 2.58. The zero-order valence-corrected chi connectivity index (χ0v) is 12.1. The molecular weight excluding hydrogens is 296 g/mol. The smallest absolute Gasteiger partial charge is 0.309 e. The van der Waals surface area contributed by atoms with Gasteiger partial charge in [0, 0.05) is 0 Å². The molecule has 0 spiro atoms. The number of aromatic nitrogens is 3. The van der Waals surface area contributed by atoms with E-state index in [1.165, 1.54) is 25.6 Å². The second-order valence-corrected chi connectivity index (χ2v) is 5.92. The van der Waals surface area contributed by atoms with E-state index in [2.05, 4.69) is 24.6 Å². The lowest BCUT2D eigenvalue weighted by Crippen LogP contribution is -2.23. The molecule has 2 N–H and O–H groups in total. The van der Waals surface area contributed by atoms with Crippen molar-refractivity contribution in [1.29, 1.82) is 0 Å². The number of carbonyl (C=O) groups is 1. The predicted octanol–water partition coefficient (Wildman–Crippen LogP) is -0.00130. The Kier molecular flexibility index (Phi) is 4.66. The van der Waals surface area contributed by atoms with Gasteiger partial charge in [-0.1, -0.05) is 12.1 Å². The molecule has 2 rings (SSSR count). The standard InChI is InChI=1S/C12H14N4O4S/c1-20-12(17)6-9-2-4-10(5-3-9)21(18,19)15-7-11-13-8-14-16-11/h2-5,8,15H,6-7H2,1H3,(H,13,14,16). The number of nitrogens with one attached hydrogen (secondary N) is 2. The van der Waals surface area contributed by atoms with Crippen molar-refractivity contribution in [3.63, 3.8) is 0 Å². The number of benzene rings is 1. The van der Waals surface area contributed by atoms with Gasteiger partial charge in [0.05, 0.1) is 25.0 Å². The maximum Gasteiger partial charge on any atom is 0.309 e. The topological polar surface area (TPSA) is 114 Å². The summed E-state index contributed by atoms with van der Waals surface area (Å²) in [6, 6.07) is 6.00. The Bertz CT molecular complexity index is 695. The van der Waals surface area contributed by atoms with E-state index >= 15 is 0 Å². The maximum atomic E-state index is 12.1. The van der Waals surface area contributed by atoms with Crippen LogP contribution in [-0.2, 0) is 32.5 Å². The number of carbonyl (C=O) groups excluding carboxylic acids is 1. The third-order valence-electron chi connectivity index (χ3n) is 2.70. The number of sulfonamides is 1. The number of H-pyrrole nitrogens is 1. The SMILES string of the molecule is COC(=O)Cc1ccc(S(=O)(=O)NCc2ncn[nH]2)cc1. The van der Waals surface area contributed by atoms with E-state index in [4.69, 9.17) is 0 Å². The minimum Gasteiger partial charge on any atom is -0.469 e. The number of rotatable bonds is 6. The van der Waals surface area contributed by atoms with E-state index in [9.17, 15) is 13.2 Å². The van der Waals surface area contributed by atoms with Gasteiger partial charge in [-0.15, -0.1) is 0 Å². The summed E-state index contributed by atoms with van der Waals surface area (Å²) in [4.78, 5) is 15.1. The minimum absolute atomic E-state index is 0.0201. The summed E-state index contributed by atoms with van der Waals surface area (Å²) in [7, 11) is -2.34. The molecule has 1 aromatic heterocycles. The Balaban J connectivity index is 2.04. The first kappa shape index (κ1) is 15.1. The van der Waals surface area contributed by atoms with E-state index in [1.54, 1.807) is 12.1 Å². The van der Waals surface area contributed by atoms with Crippen molar-refractivity contribution in [3.8, 4) is 0 Å². The highest BCUT2D eigenvalue weighted by Gasteiger charge is 2.14. The molecule has 0 saturated heterocycles. The van der Waals surface area contributed by atoms with Gasteiger partial charge in [-0.2, -0.15) is 5.10 Å². The van der Waals surface area contributed by atoms with E-state index in [0.717, 1.165) is 0 Å². The van der Waals surface area contributed by atoms with Crippen molar-refractivity contribution < 1.29 is 17.9 Å². The van der Waals surface area contributed by atoms with Crippen molar-refractivity contribution in [2.45, 2.75) is 17.9 Å². The van der Waals surface area contributed by atoms with Crippen molar-refractivity contribution in [2.75, 3.05) is 7.11 Å². The van der Waals surface area contributed by atoms with Gasteiger partial charge < -0.3 is 4.74 Å². The first-order chi connectivity index (χ1) is 10.0. The fraction of sp³-hybridized carbons (Fsp3) is 0.250. The van der Waals surface area contributed by atoms with Gasteiger partial charge in [0.1, 0.15) is 12.2 Å². The van der Waals surface area contributed by atoms with Gasteiger partial charge >= 0.3 is 5.97 Å². The summed E-state index contributed by atoms with van der Waals surface area (Å²) in [6.45, 7) is 0.0201. The van der Waals surface area contributed by atoms with Crippen LogP contribution in [0.5, 0.6) is 0 Å². The Labute approximate surface area is 121 Å². The van der Waals surface area contributed by atoms with Crippen molar-refractivity contribution in [1.82, 2.24) is 19.9 Å². The summed E-state index contributed by atoms with van der Waals surface area (Å²) >= 11 is 0. The molecule has 0 atom stereocenters. The lowest BCUT2D eigenvalue weighted by molar-refractivity contribution is -0.139. The Morgan fingerprint density at radius 2 is 2.05 bits per heavy atom. The van der Waals surface area contributed by atoms with Crippen LogP contribution in [0, 0.1) is 0 Å². The quantitative estimate of drug-likeness (QED) is 0.726. The average molecular weight is 310 g/mol. The Hall–Kier alpha value is -2.26. The molecule has 0 aliphatic rings. The molecule has 0 amide bonds. The first-order valence-corrected chi connectivity index (χ1v) is 7.49. The summed E-state index contributed by atoms with van der Waals surface area (Å²) in [5, 5.41) is 6.19. The first-order valence-electron chi connectivity index (χ1n) is 6.01. The summed E-state index contributed by atoms with van der Waals surface area (Å²) in [6.07, 6.45) is 1.40. The van der Waals surface area contributed by atoms with Gasteiger partial charge in [0.2, 0.25) is 10.0 Å². The van der Waals surface area contributed by atoms with Crippen molar-refractivity contribution in [3.05, 3.63) is 42.0 Å². The van der Waals surface area contributed by atoms with Gasteiger partial charge in [-0.3, -0.25) is 9.89 Å². The van der Waals surface area contributed by atoms with Crippen LogP contribution in [0.2, 0.25) is 0 Å². The Morgan fingerprint density at radius 1 is 1.33 bits per heavy atom. The van der Waals surface area contributed by atoms with Crippen LogP contribution in [-0.4, -0.2) is 36.7 Å². The number of methoxy groups -OCH3 is 1. The molecule has 9 heteroatoms. The van der Waals surface area contributed by atoms with E-state index in [1.807, 2.05) is 0 Å². The van der Waals surface area contributed by atoms with Gasteiger partial charge in [-0.25, -0.2) is 18.1 Å². The third-order valence-corrected chi connectivity index (χ3v) is 4.12. The molecule has 0 fully saturated rings. The minimum atomic E-state index is -3.64. The molecule has 2 aromatic rings. The zero-order chi connectivity index (χ0) is 15.3. The normalized spacial score (nSPS) is 11.3. The van der Waals surface area contributed by atoms with Crippen molar-refractivity contribution >= 4 is 16.0 Å². The van der Waals surface area contributed by atoms with Gasteiger partial charge in [0.15, 0.2) is 0 Å².